The van der Waals surface area contributed by atoms with E-state index in [1.54, 1.807) is 12.1 Å². The molecule has 0 N–H and O–H groups in total. The fourth-order valence-electron chi connectivity index (χ4n) is 6.05. The second kappa shape index (κ2) is 6.67. The van der Waals surface area contributed by atoms with E-state index in [0.717, 1.165) is 31.1 Å². The molecule has 0 radical (unpaired) electrons. The lowest BCUT2D eigenvalue weighted by Crippen LogP contribution is -2.60. The monoisotopic (exact) mass is 398 g/mol. The standard InChI is InChI=1S/C23H24F2N2O2/c24-18-3-1-2-16(21(18)25)11-27-12-17(15-4-5-19-20(10-15)29-13-28-19)23-22(27)14-6-8-26(23)9-7-14/h1-5,10,14,17,22-23H,6-9,11-13H2/t17-,22+,23+/m1/s1. The zero-order valence-electron chi connectivity index (χ0n) is 16.2. The summed E-state index contributed by atoms with van der Waals surface area (Å²) < 4.78 is 39.3. The van der Waals surface area contributed by atoms with Crippen LogP contribution in [0.25, 0.3) is 0 Å². The number of ether oxygens (including phenoxy) is 2. The Kier molecular flexibility index (Phi) is 4.06. The number of rotatable bonds is 3. The first-order valence-electron chi connectivity index (χ1n) is 10.5. The van der Waals surface area contributed by atoms with E-state index in [4.69, 9.17) is 9.47 Å². The fourth-order valence-corrected chi connectivity index (χ4v) is 6.05. The number of benzene rings is 2. The van der Waals surface area contributed by atoms with Crippen LogP contribution in [0.1, 0.15) is 29.9 Å². The van der Waals surface area contributed by atoms with Crippen molar-refractivity contribution in [2.75, 3.05) is 26.4 Å². The fraction of sp³-hybridized carbons (Fsp3) is 0.478. The van der Waals surface area contributed by atoms with Gasteiger partial charge in [-0.1, -0.05) is 18.2 Å². The summed E-state index contributed by atoms with van der Waals surface area (Å²) in [6.07, 6.45) is 2.38. The summed E-state index contributed by atoms with van der Waals surface area (Å²) >= 11 is 0. The minimum atomic E-state index is -0.764. The molecule has 2 bridgehead atoms. The maximum absolute atomic E-state index is 14.4. The number of likely N-dealkylation sites (tertiary alicyclic amines) is 1. The number of nitrogens with zero attached hydrogens (tertiary/aromatic N) is 2. The van der Waals surface area contributed by atoms with E-state index in [2.05, 4.69) is 21.9 Å². The number of fused-ring (bicyclic) bond motifs is 3. The summed E-state index contributed by atoms with van der Waals surface area (Å²) in [5.41, 5.74) is 1.70. The Morgan fingerprint density at radius 3 is 2.66 bits per heavy atom. The van der Waals surface area contributed by atoms with Crippen LogP contribution in [0.15, 0.2) is 36.4 Å². The van der Waals surface area contributed by atoms with Crippen molar-refractivity contribution in [3.63, 3.8) is 0 Å². The largest absolute Gasteiger partial charge is 0.454 e. The molecule has 4 nitrogen and oxygen atoms in total. The molecule has 0 amide bonds. The van der Waals surface area contributed by atoms with Gasteiger partial charge in [0.1, 0.15) is 0 Å². The number of halogens is 2. The molecular formula is C23H24F2N2O2. The minimum Gasteiger partial charge on any atom is -0.454 e. The Morgan fingerprint density at radius 2 is 1.79 bits per heavy atom. The Balaban J connectivity index is 1.35. The molecule has 2 aromatic carbocycles. The van der Waals surface area contributed by atoms with Crippen molar-refractivity contribution in [3.05, 3.63) is 59.2 Å². The molecule has 0 unspecified atom stereocenters. The van der Waals surface area contributed by atoms with E-state index in [1.807, 2.05) is 6.07 Å². The number of hydrogen-bond acceptors (Lipinski definition) is 4. The maximum atomic E-state index is 14.4. The van der Waals surface area contributed by atoms with Crippen molar-refractivity contribution in [1.29, 1.82) is 0 Å². The molecule has 29 heavy (non-hydrogen) atoms. The molecule has 0 aliphatic carbocycles. The smallest absolute Gasteiger partial charge is 0.231 e. The highest BCUT2D eigenvalue weighted by molar-refractivity contribution is 5.46. The van der Waals surface area contributed by atoms with E-state index in [0.29, 0.717) is 36.0 Å². The quantitative estimate of drug-likeness (QED) is 0.786. The normalized spacial score (nSPS) is 32.6. The van der Waals surface area contributed by atoms with E-state index in [1.165, 1.54) is 24.5 Å². The average Bonchev–Trinajstić information content (AvgIpc) is 3.37. The predicted octanol–water partition coefficient (Wildman–Crippen LogP) is 3.76. The summed E-state index contributed by atoms with van der Waals surface area (Å²) in [6.45, 7) is 3.84. The lowest BCUT2D eigenvalue weighted by atomic mass is 9.75. The second-order valence-corrected chi connectivity index (χ2v) is 8.72. The van der Waals surface area contributed by atoms with Crippen LogP contribution >= 0.6 is 0 Å². The van der Waals surface area contributed by atoms with Gasteiger partial charge in [-0.15, -0.1) is 0 Å². The van der Waals surface area contributed by atoms with Gasteiger partial charge in [0.25, 0.3) is 0 Å². The van der Waals surface area contributed by atoms with Gasteiger partial charge in [0.05, 0.1) is 0 Å². The molecule has 0 saturated carbocycles. The molecule has 152 valence electrons. The molecule has 4 fully saturated rings. The summed E-state index contributed by atoms with van der Waals surface area (Å²) in [5, 5.41) is 0. The molecule has 5 aliphatic heterocycles. The van der Waals surface area contributed by atoms with Gasteiger partial charge in [0.2, 0.25) is 6.79 Å². The topological polar surface area (TPSA) is 24.9 Å². The van der Waals surface area contributed by atoms with Crippen molar-refractivity contribution in [2.45, 2.75) is 37.4 Å². The third-order valence-electron chi connectivity index (χ3n) is 7.32. The van der Waals surface area contributed by atoms with Gasteiger partial charge in [0, 0.05) is 36.7 Å². The summed E-state index contributed by atoms with van der Waals surface area (Å²) in [6, 6.07) is 11.6. The Hall–Kier alpha value is -2.18. The lowest BCUT2D eigenvalue weighted by molar-refractivity contribution is -0.00896. The van der Waals surface area contributed by atoms with E-state index in [-0.39, 0.29) is 6.79 Å². The van der Waals surface area contributed by atoms with Crippen LogP contribution in [0.5, 0.6) is 11.5 Å². The molecule has 6 heteroatoms. The lowest BCUT2D eigenvalue weighted by Gasteiger charge is -2.51. The summed E-state index contributed by atoms with van der Waals surface area (Å²) in [7, 11) is 0. The van der Waals surface area contributed by atoms with Crippen LogP contribution in [0.2, 0.25) is 0 Å². The van der Waals surface area contributed by atoms with Crippen LogP contribution in [-0.2, 0) is 6.54 Å². The summed E-state index contributed by atoms with van der Waals surface area (Å²) in [5.74, 6) is 1.09. The second-order valence-electron chi connectivity index (χ2n) is 8.72. The molecule has 2 aromatic rings. The van der Waals surface area contributed by atoms with Crippen LogP contribution < -0.4 is 9.47 Å². The van der Waals surface area contributed by atoms with Crippen LogP contribution in [0, 0.1) is 17.6 Å². The highest BCUT2D eigenvalue weighted by Crippen LogP contribution is 2.48. The van der Waals surface area contributed by atoms with Crippen LogP contribution in [0.4, 0.5) is 8.78 Å². The minimum absolute atomic E-state index is 0.272. The van der Waals surface area contributed by atoms with Crippen molar-refractivity contribution >= 4 is 0 Å². The molecule has 7 rings (SSSR count). The van der Waals surface area contributed by atoms with Crippen molar-refractivity contribution in [3.8, 4) is 11.5 Å². The molecule has 0 spiro atoms. The average molecular weight is 398 g/mol. The third-order valence-corrected chi connectivity index (χ3v) is 7.32. The van der Waals surface area contributed by atoms with Gasteiger partial charge in [-0.2, -0.15) is 0 Å². The first-order chi connectivity index (χ1) is 14.2. The highest BCUT2D eigenvalue weighted by atomic mass is 19.2. The van der Waals surface area contributed by atoms with E-state index >= 15 is 0 Å². The zero-order chi connectivity index (χ0) is 19.5. The Labute approximate surface area is 169 Å². The van der Waals surface area contributed by atoms with Crippen molar-refractivity contribution in [1.82, 2.24) is 9.80 Å². The maximum Gasteiger partial charge on any atom is 0.231 e. The van der Waals surface area contributed by atoms with Crippen molar-refractivity contribution < 1.29 is 18.3 Å². The van der Waals surface area contributed by atoms with E-state index < -0.39 is 11.6 Å². The highest BCUT2D eigenvalue weighted by Gasteiger charge is 2.53. The van der Waals surface area contributed by atoms with Gasteiger partial charge >= 0.3 is 0 Å². The van der Waals surface area contributed by atoms with E-state index in [9.17, 15) is 8.78 Å². The molecular weight excluding hydrogens is 374 g/mol. The van der Waals surface area contributed by atoms with Gasteiger partial charge in [-0.3, -0.25) is 9.80 Å². The first kappa shape index (κ1) is 17.7. The molecule has 3 atom stereocenters. The Morgan fingerprint density at radius 1 is 0.966 bits per heavy atom. The summed E-state index contributed by atoms with van der Waals surface area (Å²) in [4.78, 5) is 5.01. The Bertz CT molecular complexity index is 944. The molecule has 0 aromatic heterocycles. The van der Waals surface area contributed by atoms with Gasteiger partial charge in [-0.05, 0) is 55.6 Å². The van der Waals surface area contributed by atoms with Gasteiger partial charge in [-0.25, -0.2) is 8.78 Å². The van der Waals surface area contributed by atoms with Crippen LogP contribution in [0.3, 0.4) is 0 Å². The van der Waals surface area contributed by atoms with Crippen molar-refractivity contribution in [2.24, 2.45) is 5.92 Å². The SMILES string of the molecule is Fc1cccc(CN2C[C@H](c3ccc4c(c3)OCO4)[C@H]3[C@@H]2C2CCN3CC2)c1F. The molecule has 4 saturated heterocycles. The predicted molar refractivity (Wildman–Crippen MR) is 104 cm³/mol. The number of hydrogen-bond donors (Lipinski definition) is 0. The zero-order valence-corrected chi connectivity index (χ0v) is 16.2. The molecule has 5 aliphatic rings. The van der Waals surface area contributed by atoms with Crippen LogP contribution in [-0.4, -0.2) is 48.3 Å². The number of piperidine rings is 3. The third kappa shape index (κ3) is 2.76. The van der Waals surface area contributed by atoms with Gasteiger partial charge < -0.3 is 9.47 Å². The molecule has 5 heterocycles. The van der Waals surface area contributed by atoms with Gasteiger partial charge in [0.15, 0.2) is 23.1 Å². The first-order valence-corrected chi connectivity index (χ1v) is 10.5.